The number of ether oxygens (including phenoxy) is 3. The van der Waals surface area contributed by atoms with Crippen molar-refractivity contribution >= 4 is 0 Å². The van der Waals surface area contributed by atoms with E-state index < -0.39 is 0 Å². The molecule has 2 aliphatic carbocycles. The van der Waals surface area contributed by atoms with Crippen LogP contribution in [0.2, 0.25) is 0 Å². The first kappa shape index (κ1) is 17.7. The second-order valence-electron chi connectivity index (χ2n) is 7.78. The molecule has 3 heteroatoms. The van der Waals surface area contributed by atoms with Gasteiger partial charge in [0.1, 0.15) is 0 Å². The van der Waals surface area contributed by atoms with Crippen LogP contribution in [-0.4, -0.2) is 37.6 Å². The topological polar surface area (TPSA) is 31.0 Å². The Morgan fingerprint density at radius 3 is 1.57 bits per heavy atom. The highest BCUT2D eigenvalue weighted by Gasteiger charge is 2.54. The number of rotatable bonds is 8. The summed E-state index contributed by atoms with van der Waals surface area (Å²) in [7, 11) is 0. The van der Waals surface area contributed by atoms with Crippen LogP contribution < -0.4 is 0 Å². The molecule has 1 aliphatic heterocycles. The van der Waals surface area contributed by atoms with Crippen molar-refractivity contribution in [3.05, 3.63) is 0 Å². The molecule has 2 saturated carbocycles. The summed E-state index contributed by atoms with van der Waals surface area (Å²) < 4.78 is 18.6. The molecule has 0 bridgehead atoms. The van der Waals surface area contributed by atoms with Gasteiger partial charge in [0.05, 0.1) is 24.4 Å². The Bertz CT molecular complexity index is 314. The lowest BCUT2D eigenvalue weighted by molar-refractivity contribution is -0.0221. The zero-order valence-electron chi connectivity index (χ0n) is 15.2. The minimum Gasteiger partial charge on any atom is -0.378 e. The van der Waals surface area contributed by atoms with Gasteiger partial charge in [0, 0.05) is 25.0 Å². The van der Waals surface area contributed by atoms with Gasteiger partial charge in [-0.25, -0.2) is 0 Å². The molecular formula is C20H36O3. The largest absolute Gasteiger partial charge is 0.378 e. The molecule has 6 atom stereocenters. The fourth-order valence-corrected chi connectivity index (χ4v) is 4.78. The van der Waals surface area contributed by atoms with Crippen molar-refractivity contribution in [3.63, 3.8) is 0 Å². The van der Waals surface area contributed by atoms with Gasteiger partial charge in [-0.2, -0.15) is 0 Å². The van der Waals surface area contributed by atoms with Crippen molar-refractivity contribution in [2.24, 2.45) is 11.8 Å². The van der Waals surface area contributed by atoms with E-state index in [0.29, 0.717) is 36.3 Å². The molecule has 3 fully saturated rings. The SMILES string of the molecule is CCCOC1CCCCC1C1OC1C1CCCCC1OCCC. The summed E-state index contributed by atoms with van der Waals surface area (Å²) in [6.45, 7) is 6.21. The number of hydrogen-bond donors (Lipinski definition) is 0. The van der Waals surface area contributed by atoms with E-state index in [1.807, 2.05) is 0 Å². The molecule has 0 aromatic carbocycles. The molecule has 0 spiro atoms. The van der Waals surface area contributed by atoms with E-state index in [0.717, 1.165) is 26.1 Å². The summed E-state index contributed by atoms with van der Waals surface area (Å²) in [5, 5.41) is 0. The predicted octanol–water partition coefficient (Wildman–Crippen LogP) is 4.72. The van der Waals surface area contributed by atoms with E-state index >= 15 is 0 Å². The minimum atomic E-state index is 0.442. The van der Waals surface area contributed by atoms with Crippen LogP contribution in [-0.2, 0) is 14.2 Å². The van der Waals surface area contributed by atoms with Crippen molar-refractivity contribution < 1.29 is 14.2 Å². The molecule has 0 radical (unpaired) electrons. The van der Waals surface area contributed by atoms with Gasteiger partial charge in [-0.05, 0) is 38.5 Å². The summed E-state index contributed by atoms with van der Waals surface area (Å²) in [6.07, 6.45) is 14.4. The molecule has 0 N–H and O–H groups in total. The van der Waals surface area contributed by atoms with Crippen molar-refractivity contribution in [2.75, 3.05) is 13.2 Å². The molecule has 6 unspecified atom stereocenters. The van der Waals surface area contributed by atoms with Crippen molar-refractivity contribution in [3.8, 4) is 0 Å². The Kier molecular flexibility index (Phi) is 6.79. The standard InChI is InChI=1S/C20H36O3/c1-3-13-21-17-11-7-5-9-15(17)19-20(23-19)16-10-6-8-12-18(16)22-14-4-2/h15-20H,3-14H2,1-2H3. The van der Waals surface area contributed by atoms with Crippen LogP contribution >= 0.6 is 0 Å². The van der Waals surface area contributed by atoms with E-state index in [9.17, 15) is 0 Å². The van der Waals surface area contributed by atoms with Crippen LogP contribution in [0.25, 0.3) is 0 Å². The van der Waals surface area contributed by atoms with Crippen molar-refractivity contribution in [2.45, 2.75) is 102 Å². The van der Waals surface area contributed by atoms with Crippen LogP contribution in [0, 0.1) is 11.8 Å². The summed E-state index contributed by atoms with van der Waals surface area (Å²) in [5.74, 6) is 1.27. The van der Waals surface area contributed by atoms with Crippen LogP contribution in [0.3, 0.4) is 0 Å². The highest BCUT2D eigenvalue weighted by molar-refractivity contribution is 5.01. The molecule has 0 aromatic heterocycles. The van der Waals surface area contributed by atoms with E-state index in [4.69, 9.17) is 14.2 Å². The Labute approximate surface area is 142 Å². The number of epoxide rings is 1. The van der Waals surface area contributed by atoms with Crippen LogP contribution in [0.15, 0.2) is 0 Å². The van der Waals surface area contributed by atoms with Crippen molar-refractivity contribution in [1.29, 1.82) is 0 Å². The van der Waals surface area contributed by atoms with Gasteiger partial charge in [0.25, 0.3) is 0 Å². The molecule has 0 aromatic rings. The number of hydrogen-bond acceptors (Lipinski definition) is 3. The first-order chi connectivity index (χ1) is 11.3. The Hall–Kier alpha value is -0.120. The van der Waals surface area contributed by atoms with Crippen molar-refractivity contribution in [1.82, 2.24) is 0 Å². The van der Waals surface area contributed by atoms with Gasteiger partial charge in [-0.3, -0.25) is 0 Å². The van der Waals surface area contributed by atoms with Gasteiger partial charge < -0.3 is 14.2 Å². The fraction of sp³-hybridized carbons (Fsp3) is 1.00. The molecule has 3 nitrogen and oxygen atoms in total. The van der Waals surface area contributed by atoms with Gasteiger partial charge in [0.15, 0.2) is 0 Å². The Morgan fingerprint density at radius 2 is 1.13 bits per heavy atom. The quantitative estimate of drug-likeness (QED) is 0.605. The summed E-state index contributed by atoms with van der Waals surface area (Å²) in [4.78, 5) is 0. The maximum atomic E-state index is 6.26. The molecule has 3 rings (SSSR count). The average molecular weight is 325 g/mol. The van der Waals surface area contributed by atoms with Crippen LogP contribution in [0.4, 0.5) is 0 Å². The third kappa shape index (κ3) is 4.49. The Balaban J connectivity index is 1.55. The lowest BCUT2D eigenvalue weighted by atomic mass is 9.77. The van der Waals surface area contributed by atoms with Gasteiger partial charge in [0.2, 0.25) is 0 Å². The molecule has 3 aliphatic rings. The molecular weight excluding hydrogens is 288 g/mol. The van der Waals surface area contributed by atoms with E-state index in [1.165, 1.54) is 51.4 Å². The highest BCUT2D eigenvalue weighted by atomic mass is 16.6. The van der Waals surface area contributed by atoms with E-state index in [1.54, 1.807) is 0 Å². The van der Waals surface area contributed by atoms with Gasteiger partial charge in [-0.15, -0.1) is 0 Å². The average Bonchev–Trinajstić information content (AvgIpc) is 3.39. The molecule has 23 heavy (non-hydrogen) atoms. The van der Waals surface area contributed by atoms with Gasteiger partial charge >= 0.3 is 0 Å². The summed E-state index contributed by atoms with van der Waals surface area (Å²) in [5.41, 5.74) is 0. The van der Waals surface area contributed by atoms with E-state index in [-0.39, 0.29) is 0 Å². The first-order valence-corrected chi connectivity index (χ1v) is 10.2. The normalized spacial score (nSPS) is 41.0. The first-order valence-electron chi connectivity index (χ1n) is 10.2. The zero-order chi connectivity index (χ0) is 16.1. The summed E-state index contributed by atoms with van der Waals surface area (Å²) >= 11 is 0. The lowest BCUT2D eigenvalue weighted by Crippen LogP contribution is -2.37. The second kappa shape index (κ2) is 8.82. The zero-order valence-corrected chi connectivity index (χ0v) is 15.2. The predicted molar refractivity (Wildman–Crippen MR) is 92.6 cm³/mol. The molecule has 134 valence electrons. The molecule has 1 saturated heterocycles. The van der Waals surface area contributed by atoms with Gasteiger partial charge in [-0.1, -0.05) is 39.5 Å². The monoisotopic (exact) mass is 324 g/mol. The maximum absolute atomic E-state index is 6.26. The van der Waals surface area contributed by atoms with Crippen LogP contribution in [0.5, 0.6) is 0 Å². The smallest absolute Gasteiger partial charge is 0.0898 e. The van der Waals surface area contributed by atoms with Crippen LogP contribution in [0.1, 0.15) is 78.1 Å². The fourth-order valence-electron chi connectivity index (χ4n) is 4.78. The lowest BCUT2D eigenvalue weighted by Gasteiger charge is -2.33. The summed E-state index contributed by atoms with van der Waals surface area (Å²) in [6, 6.07) is 0. The third-order valence-electron chi connectivity index (χ3n) is 5.98. The molecule has 1 heterocycles. The minimum absolute atomic E-state index is 0.442. The maximum Gasteiger partial charge on any atom is 0.0898 e. The molecule has 0 amide bonds. The Morgan fingerprint density at radius 1 is 0.696 bits per heavy atom. The highest BCUT2D eigenvalue weighted by Crippen LogP contribution is 2.47. The third-order valence-corrected chi connectivity index (χ3v) is 5.98. The van der Waals surface area contributed by atoms with E-state index in [2.05, 4.69) is 13.8 Å². The second-order valence-corrected chi connectivity index (χ2v) is 7.78.